The van der Waals surface area contributed by atoms with Gasteiger partial charge in [0.2, 0.25) is 5.88 Å². The SMILES string of the molecule is COc1cc(Cl)nc(CCOc2ccc(C)c(C)c2)n1. The Labute approximate surface area is 123 Å². The summed E-state index contributed by atoms with van der Waals surface area (Å²) in [5.41, 5.74) is 2.46. The average molecular weight is 293 g/mol. The van der Waals surface area contributed by atoms with E-state index in [1.165, 1.54) is 11.1 Å². The molecule has 2 rings (SSSR count). The Hall–Kier alpha value is -1.81. The number of nitrogens with zero attached hydrogens (tertiary/aromatic N) is 2. The lowest BCUT2D eigenvalue weighted by Gasteiger charge is -2.08. The topological polar surface area (TPSA) is 44.2 Å². The molecule has 0 N–H and O–H groups in total. The fraction of sp³-hybridized carbons (Fsp3) is 0.333. The van der Waals surface area contributed by atoms with Crippen molar-refractivity contribution < 1.29 is 9.47 Å². The van der Waals surface area contributed by atoms with Crippen LogP contribution in [0.3, 0.4) is 0 Å². The van der Waals surface area contributed by atoms with E-state index in [1.54, 1.807) is 13.2 Å². The second-order valence-electron chi connectivity index (χ2n) is 4.49. The van der Waals surface area contributed by atoms with Crippen LogP contribution in [-0.2, 0) is 6.42 Å². The average Bonchev–Trinajstić information content (AvgIpc) is 2.42. The minimum atomic E-state index is 0.373. The third kappa shape index (κ3) is 3.84. The summed E-state index contributed by atoms with van der Waals surface area (Å²) in [4.78, 5) is 8.36. The Kier molecular flexibility index (Phi) is 4.79. The molecule has 106 valence electrons. The van der Waals surface area contributed by atoms with Crippen molar-refractivity contribution in [3.63, 3.8) is 0 Å². The summed E-state index contributed by atoms with van der Waals surface area (Å²) in [6.07, 6.45) is 0.573. The molecule has 0 spiro atoms. The first-order valence-electron chi connectivity index (χ1n) is 6.36. The largest absolute Gasteiger partial charge is 0.493 e. The lowest BCUT2D eigenvalue weighted by Crippen LogP contribution is -2.06. The highest BCUT2D eigenvalue weighted by molar-refractivity contribution is 6.29. The van der Waals surface area contributed by atoms with E-state index in [4.69, 9.17) is 21.1 Å². The van der Waals surface area contributed by atoms with Crippen LogP contribution in [0.2, 0.25) is 5.15 Å². The van der Waals surface area contributed by atoms with E-state index >= 15 is 0 Å². The zero-order valence-electron chi connectivity index (χ0n) is 11.8. The van der Waals surface area contributed by atoms with Crippen LogP contribution in [0.4, 0.5) is 0 Å². The highest BCUT2D eigenvalue weighted by Gasteiger charge is 2.04. The summed E-state index contributed by atoms with van der Waals surface area (Å²) in [6, 6.07) is 7.61. The first-order chi connectivity index (χ1) is 9.58. The van der Waals surface area contributed by atoms with Gasteiger partial charge in [-0.25, -0.2) is 4.98 Å². The van der Waals surface area contributed by atoms with Gasteiger partial charge in [0.25, 0.3) is 0 Å². The number of rotatable bonds is 5. The molecule has 1 aromatic carbocycles. The zero-order chi connectivity index (χ0) is 14.5. The molecule has 0 radical (unpaired) electrons. The van der Waals surface area contributed by atoms with E-state index in [1.807, 2.05) is 18.2 Å². The number of methoxy groups -OCH3 is 1. The molecule has 1 aromatic heterocycles. The summed E-state index contributed by atoms with van der Waals surface area (Å²) in [7, 11) is 1.55. The van der Waals surface area contributed by atoms with E-state index in [9.17, 15) is 0 Å². The molecule has 20 heavy (non-hydrogen) atoms. The quantitative estimate of drug-likeness (QED) is 0.793. The van der Waals surface area contributed by atoms with Crippen molar-refractivity contribution in [1.82, 2.24) is 9.97 Å². The number of aryl methyl sites for hydroxylation is 2. The van der Waals surface area contributed by atoms with Crippen LogP contribution < -0.4 is 9.47 Å². The molecule has 0 fully saturated rings. The van der Waals surface area contributed by atoms with Gasteiger partial charge in [0.15, 0.2) is 0 Å². The maximum Gasteiger partial charge on any atom is 0.217 e. The second-order valence-corrected chi connectivity index (χ2v) is 4.88. The number of ether oxygens (including phenoxy) is 2. The van der Waals surface area contributed by atoms with Gasteiger partial charge in [0.05, 0.1) is 13.7 Å². The van der Waals surface area contributed by atoms with Gasteiger partial charge in [0.1, 0.15) is 16.7 Å². The zero-order valence-corrected chi connectivity index (χ0v) is 12.6. The monoisotopic (exact) mass is 292 g/mol. The van der Waals surface area contributed by atoms with Gasteiger partial charge >= 0.3 is 0 Å². The van der Waals surface area contributed by atoms with Crippen molar-refractivity contribution in [3.8, 4) is 11.6 Å². The molecule has 0 bridgehead atoms. The van der Waals surface area contributed by atoms with Gasteiger partial charge in [0, 0.05) is 12.5 Å². The molecule has 4 nitrogen and oxygen atoms in total. The van der Waals surface area contributed by atoms with Crippen molar-refractivity contribution in [2.45, 2.75) is 20.3 Å². The van der Waals surface area contributed by atoms with E-state index in [-0.39, 0.29) is 0 Å². The number of benzene rings is 1. The Balaban J connectivity index is 1.95. The van der Waals surface area contributed by atoms with Crippen molar-refractivity contribution in [3.05, 3.63) is 46.4 Å². The van der Waals surface area contributed by atoms with Crippen LogP contribution in [0.5, 0.6) is 11.6 Å². The molecule has 2 aromatic rings. The van der Waals surface area contributed by atoms with Crippen LogP contribution in [0.25, 0.3) is 0 Å². The first-order valence-corrected chi connectivity index (χ1v) is 6.74. The highest BCUT2D eigenvalue weighted by Crippen LogP contribution is 2.17. The van der Waals surface area contributed by atoms with Crippen molar-refractivity contribution >= 4 is 11.6 Å². The van der Waals surface area contributed by atoms with Gasteiger partial charge in [-0.2, -0.15) is 4.98 Å². The van der Waals surface area contributed by atoms with Crippen molar-refractivity contribution in [2.24, 2.45) is 0 Å². The second kappa shape index (κ2) is 6.57. The summed E-state index contributed by atoms with van der Waals surface area (Å²) in [6.45, 7) is 4.63. The predicted octanol–water partition coefficient (Wildman–Crippen LogP) is 3.38. The Morgan fingerprint density at radius 3 is 2.60 bits per heavy atom. The number of halogens is 1. The van der Waals surface area contributed by atoms with Gasteiger partial charge < -0.3 is 9.47 Å². The number of aromatic nitrogens is 2. The smallest absolute Gasteiger partial charge is 0.217 e. The summed E-state index contributed by atoms with van der Waals surface area (Å²) in [5, 5.41) is 0.373. The van der Waals surface area contributed by atoms with Crippen LogP contribution in [0.15, 0.2) is 24.3 Å². The Morgan fingerprint density at radius 1 is 1.10 bits per heavy atom. The summed E-state index contributed by atoms with van der Waals surface area (Å²) >= 11 is 5.89. The minimum Gasteiger partial charge on any atom is -0.493 e. The standard InChI is InChI=1S/C15H17ClN2O2/c1-10-4-5-12(8-11(10)2)20-7-6-14-17-13(16)9-15(18-14)19-3/h4-5,8-9H,6-7H2,1-3H3. The third-order valence-electron chi connectivity index (χ3n) is 3.00. The molecule has 0 amide bonds. The highest BCUT2D eigenvalue weighted by atomic mass is 35.5. The molecule has 0 aliphatic rings. The molecule has 0 saturated heterocycles. The molecule has 0 atom stereocenters. The van der Waals surface area contributed by atoms with Crippen LogP contribution >= 0.6 is 11.6 Å². The van der Waals surface area contributed by atoms with Crippen LogP contribution in [0.1, 0.15) is 17.0 Å². The normalized spacial score (nSPS) is 10.4. The lowest BCUT2D eigenvalue weighted by atomic mass is 10.1. The van der Waals surface area contributed by atoms with E-state index in [0.29, 0.717) is 29.9 Å². The molecular formula is C15H17ClN2O2. The van der Waals surface area contributed by atoms with Crippen LogP contribution in [-0.4, -0.2) is 23.7 Å². The maximum atomic E-state index is 5.89. The molecule has 0 saturated carbocycles. The molecule has 1 heterocycles. The fourth-order valence-corrected chi connectivity index (χ4v) is 1.91. The molecule has 5 heteroatoms. The summed E-state index contributed by atoms with van der Waals surface area (Å²) < 4.78 is 10.7. The fourth-order valence-electron chi connectivity index (χ4n) is 1.72. The predicted molar refractivity (Wildman–Crippen MR) is 78.7 cm³/mol. The van der Waals surface area contributed by atoms with Gasteiger partial charge in [-0.15, -0.1) is 0 Å². The van der Waals surface area contributed by atoms with Gasteiger partial charge in [-0.3, -0.25) is 0 Å². The van der Waals surface area contributed by atoms with Crippen molar-refractivity contribution in [1.29, 1.82) is 0 Å². The van der Waals surface area contributed by atoms with Gasteiger partial charge in [-0.1, -0.05) is 17.7 Å². The molecule has 0 aliphatic heterocycles. The first kappa shape index (κ1) is 14.6. The Morgan fingerprint density at radius 2 is 1.90 bits per heavy atom. The van der Waals surface area contributed by atoms with Crippen molar-refractivity contribution in [2.75, 3.05) is 13.7 Å². The maximum absolute atomic E-state index is 5.89. The summed E-state index contributed by atoms with van der Waals surface area (Å²) in [5.74, 6) is 1.92. The van der Waals surface area contributed by atoms with Crippen LogP contribution in [0, 0.1) is 13.8 Å². The Bertz CT molecular complexity index is 602. The molecule has 0 unspecified atom stereocenters. The number of hydrogen-bond donors (Lipinski definition) is 0. The number of hydrogen-bond acceptors (Lipinski definition) is 4. The van der Waals surface area contributed by atoms with E-state index < -0.39 is 0 Å². The molecular weight excluding hydrogens is 276 g/mol. The molecule has 0 aliphatic carbocycles. The minimum absolute atomic E-state index is 0.373. The van der Waals surface area contributed by atoms with Gasteiger partial charge in [-0.05, 0) is 37.1 Å². The lowest BCUT2D eigenvalue weighted by molar-refractivity contribution is 0.317. The third-order valence-corrected chi connectivity index (χ3v) is 3.19. The van der Waals surface area contributed by atoms with E-state index in [0.717, 1.165) is 5.75 Å². The van der Waals surface area contributed by atoms with E-state index in [2.05, 4.69) is 23.8 Å².